The Bertz CT molecular complexity index is 761. The smallest absolute Gasteiger partial charge is 0.337 e. The second kappa shape index (κ2) is 10.0. The van der Waals surface area contributed by atoms with E-state index in [1.807, 2.05) is 6.08 Å². The first-order valence-electron chi connectivity index (χ1n) is 9.98. The van der Waals surface area contributed by atoms with Gasteiger partial charge in [0.25, 0.3) is 0 Å². The highest BCUT2D eigenvalue weighted by Gasteiger charge is 2.47. The molecule has 4 atom stereocenters. The number of hydrogen-bond acceptors (Lipinski definition) is 8. The van der Waals surface area contributed by atoms with Crippen molar-refractivity contribution in [2.75, 3.05) is 13.2 Å². The van der Waals surface area contributed by atoms with Crippen molar-refractivity contribution < 1.29 is 38.8 Å². The summed E-state index contributed by atoms with van der Waals surface area (Å²) >= 11 is 0. The Morgan fingerprint density at radius 2 is 2.13 bits per heavy atom. The highest BCUT2D eigenvalue weighted by atomic mass is 16.6. The summed E-state index contributed by atoms with van der Waals surface area (Å²) < 4.78 is 16.0. The van der Waals surface area contributed by atoms with Crippen LogP contribution in [0.1, 0.15) is 46.5 Å². The summed E-state index contributed by atoms with van der Waals surface area (Å²) in [7, 11) is 0. The highest BCUT2D eigenvalue weighted by Crippen LogP contribution is 2.39. The molecule has 0 saturated carbocycles. The molecule has 8 heteroatoms. The SMILES string of the molecule is C=C1C(=O)OC2CC(CO)=CCCC(C)(O)CC(OC(=O)C(=CC)COC(C)=O)C12. The maximum atomic E-state index is 12.7. The Balaban J connectivity index is 2.34. The lowest BCUT2D eigenvalue weighted by Crippen LogP contribution is -2.41. The number of rotatable bonds is 5. The molecule has 30 heavy (non-hydrogen) atoms. The first kappa shape index (κ1) is 23.8. The Labute approximate surface area is 176 Å². The zero-order valence-electron chi connectivity index (χ0n) is 17.7. The van der Waals surface area contributed by atoms with Gasteiger partial charge in [0.1, 0.15) is 18.8 Å². The van der Waals surface area contributed by atoms with Crippen LogP contribution in [0.5, 0.6) is 0 Å². The lowest BCUT2D eigenvalue weighted by atomic mass is 9.80. The minimum Gasteiger partial charge on any atom is -0.461 e. The first-order chi connectivity index (χ1) is 14.1. The van der Waals surface area contributed by atoms with E-state index in [0.29, 0.717) is 18.4 Å². The molecular formula is C22H30O8. The molecular weight excluding hydrogens is 392 g/mol. The molecule has 0 radical (unpaired) electrons. The number of allylic oxidation sites excluding steroid dienone is 2. The fourth-order valence-corrected chi connectivity index (χ4v) is 3.77. The molecule has 0 spiro atoms. The van der Waals surface area contributed by atoms with Crippen LogP contribution in [-0.2, 0) is 28.6 Å². The predicted molar refractivity (Wildman–Crippen MR) is 107 cm³/mol. The topological polar surface area (TPSA) is 119 Å². The van der Waals surface area contributed by atoms with Crippen LogP contribution in [-0.4, -0.2) is 59.1 Å². The number of ether oxygens (including phenoxy) is 3. The van der Waals surface area contributed by atoms with Gasteiger partial charge in [0.2, 0.25) is 0 Å². The maximum absolute atomic E-state index is 12.7. The Hall–Kier alpha value is -2.45. The Kier molecular flexibility index (Phi) is 7.97. The van der Waals surface area contributed by atoms with Gasteiger partial charge in [-0.1, -0.05) is 18.7 Å². The van der Waals surface area contributed by atoms with E-state index in [1.54, 1.807) is 13.8 Å². The van der Waals surface area contributed by atoms with Crippen molar-refractivity contribution >= 4 is 17.9 Å². The maximum Gasteiger partial charge on any atom is 0.337 e. The van der Waals surface area contributed by atoms with Crippen molar-refractivity contribution in [1.29, 1.82) is 0 Å². The molecule has 0 aromatic heterocycles. The molecule has 1 saturated heterocycles. The van der Waals surface area contributed by atoms with Gasteiger partial charge in [0.15, 0.2) is 0 Å². The highest BCUT2D eigenvalue weighted by molar-refractivity contribution is 5.92. The van der Waals surface area contributed by atoms with Gasteiger partial charge < -0.3 is 24.4 Å². The van der Waals surface area contributed by atoms with Crippen molar-refractivity contribution in [3.63, 3.8) is 0 Å². The zero-order valence-corrected chi connectivity index (χ0v) is 17.7. The summed E-state index contributed by atoms with van der Waals surface area (Å²) in [6, 6.07) is 0. The van der Waals surface area contributed by atoms with Gasteiger partial charge in [-0.25, -0.2) is 9.59 Å². The standard InChI is InChI=1S/C22H30O8/c1-5-16(12-28-14(3)24)21(26)30-18-10-22(4,27)8-6-7-15(11-23)9-17-19(18)13(2)20(25)29-17/h5,7,17-19,23,27H,2,6,8-12H2,1,3-4H3. The number of aliphatic hydroxyl groups excluding tert-OH is 1. The minimum atomic E-state index is -1.19. The van der Waals surface area contributed by atoms with Gasteiger partial charge in [-0.05, 0) is 32.3 Å². The van der Waals surface area contributed by atoms with Crippen molar-refractivity contribution in [1.82, 2.24) is 0 Å². The normalized spacial score (nSPS) is 30.1. The van der Waals surface area contributed by atoms with Crippen LogP contribution in [0.4, 0.5) is 0 Å². The van der Waals surface area contributed by atoms with Crippen LogP contribution in [0, 0.1) is 5.92 Å². The number of esters is 3. The van der Waals surface area contributed by atoms with Crippen molar-refractivity contribution in [2.24, 2.45) is 5.92 Å². The summed E-state index contributed by atoms with van der Waals surface area (Å²) in [5, 5.41) is 20.5. The van der Waals surface area contributed by atoms with E-state index in [2.05, 4.69) is 6.58 Å². The van der Waals surface area contributed by atoms with Gasteiger partial charge >= 0.3 is 17.9 Å². The van der Waals surface area contributed by atoms with Gasteiger partial charge in [-0.3, -0.25) is 4.79 Å². The molecule has 2 aliphatic rings. The molecule has 1 heterocycles. The van der Waals surface area contributed by atoms with Crippen molar-refractivity contribution in [3.8, 4) is 0 Å². The third-order valence-corrected chi connectivity index (χ3v) is 5.45. The van der Waals surface area contributed by atoms with E-state index in [9.17, 15) is 24.6 Å². The monoisotopic (exact) mass is 422 g/mol. The van der Waals surface area contributed by atoms with Crippen molar-refractivity contribution in [2.45, 2.75) is 64.3 Å². The molecule has 1 aliphatic heterocycles. The Morgan fingerprint density at radius 3 is 2.73 bits per heavy atom. The van der Waals surface area contributed by atoms with Crippen LogP contribution in [0.2, 0.25) is 0 Å². The second-order valence-corrected chi connectivity index (χ2v) is 8.00. The summed E-state index contributed by atoms with van der Waals surface area (Å²) in [6.07, 6.45) is 3.02. The van der Waals surface area contributed by atoms with E-state index in [1.165, 1.54) is 13.0 Å². The fraction of sp³-hybridized carbons (Fsp3) is 0.591. The molecule has 1 fully saturated rings. The van der Waals surface area contributed by atoms with E-state index in [0.717, 1.165) is 0 Å². The van der Waals surface area contributed by atoms with E-state index < -0.39 is 41.6 Å². The molecule has 1 aliphatic carbocycles. The van der Waals surface area contributed by atoms with Gasteiger partial charge in [-0.15, -0.1) is 0 Å². The van der Waals surface area contributed by atoms with E-state index in [4.69, 9.17) is 14.2 Å². The van der Waals surface area contributed by atoms with Crippen LogP contribution < -0.4 is 0 Å². The number of aliphatic hydroxyl groups is 2. The van der Waals surface area contributed by atoms with Crippen molar-refractivity contribution in [3.05, 3.63) is 35.5 Å². The predicted octanol–water partition coefficient (Wildman–Crippen LogP) is 1.75. The molecule has 2 N–H and O–H groups in total. The molecule has 166 valence electrons. The third-order valence-electron chi connectivity index (χ3n) is 5.45. The second-order valence-electron chi connectivity index (χ2n) is 8.00. The lowest BCUT2D eigenvalue weighted by Gasteiger charge is -2.34. The average molecular weight is 422 g/mol. The largest absolute Gasteiger partial charge is 0.461 e. The van der Waals surface area contributed by atoms with E-state index >= 15 is 0 Å². The van der Waals surface area contributed by atoms with Gasteiger partial charge in [-0.2, -0.15) is 0 Å². The first-order valence-corrected chi connectivity index (χ1v) is 9.98. The minimum absolute atomic E-state index is 0.0718. The fourth-order valence-electron chi connectivity index (χ4n) is 3.77. The van der Waals surface area contributed by atoms with Gasteiger partial charge in [0, 0.05) is 25.3 Å². The van der Waals surface area contributed by atoms with Crippen LogP contribution in [0.25, 0.3) is 0 Å². The summed E-state index contributed by atoms with van der Waals surface area (Å²) in [5.74, 6) is -2.50. The molecule has 2 rings (SSSR count). The van der Waals surface area contributed by atoms with E-state index in [-0.39, 0.29) is 37.2 Å². The average Bonchev–Trinajstić information content (AvgIpc) is 2.93. The zero-order chi connectivity index (χ0) is 22.5. The molecule has 0 aromatic carbocycles. The molecule has 0 aromatic rings. The number of carbonyl (C=O) groups is 3. The summed E-state index contributed by atoms with van der Waals surface area (Å²) in [6.45, 7) is 7.85. The molecule has 4 unspecified atom stereocenters. The Morgan fingerprint density at radius 1 is 1.43 bits per heavy atom. The summed E-state index contributed by atoms with van der Waals surface area (Å²) in [4.78, 5) is 36.0. The third kappa shape index (κ3) is 6.03. The quantitative estimate of drug-likeness (QED) is 0.298. The number of fused-ring (bicyclic) bond motifs is 1. The lowest BCUT2D eigenvalue weighted by molar-refractivity contribution is -0.153. The van der Waals surface area contributed by atoms with Gasteiger partial charge in [0.05, 0.1) is 23.7 Å². The molecule has 0 bridgehead atoms. The van der Waals surface area contributed by atoms with Crippen LogP contribution in [0.15, 0.2) is 35.5 Å². The number of hydrogen-bond donors (Lipinski definition) is 2. The van der Waals surface area contributed by atoms with Crippen LogP contribution >= 0.6 is 0 Å². The van der Waals surface area contributed by atoms with Crippen LogP contribution in [0.3, 0.4) is 0 Å². The molecule has 0 amide bonds. The number of carbonyl (C=O) groups excluding carboxylic acids is 3. The molecule has 8 nitrogen and oxygen atoms in total. The summed E-state index contributed by atoms with van der Waals surface area (Å²) in [5.41, 5.74) is -0.208.